The molecule has 0 spiro atoms. The third-order valence-corrected chi connectivity index (χ3v) is 1.77. The second kappa shape index (κ2) is 4.74. The van der Waals surface area contributed by atoms with E-state index in [0.29, 0.717) is 12.2 Å². The first kappa shape index (κ1) is 9.89. The maximum atomic E-state index is 11.1. The van der Waals surface area contributed by atoms with E-state index < -0.39 is 0 Å². The van der Waals surface area contributed by atoms with Gasteiger partial charge in [0.25, 0.3) is 0 Å². The Morgan fingerprint density at radius 3 is 2.46 bits per heavy atom. The van der Waals surface area contributed by atoms with Crippen LogP contribution in [0.3, 0.4) is 0 Å². The number of hydrogen-bond donors (Lipinski definition) is 1. The number of ketones is 1. The van der Waals surface area contributed by atoms with E-state index in [2.05, 4.69) is 0 Å². The van der Waals surface area contributed by atoms with Crippen LogP contribution in [0.2, 0.25) is 0 Å². The van der Waals surface area contributed by atoms with Crippen LogP contribution in [0.25, 0.3) is 0 Å². The van der Waals surface area contributed by atoms with E-state index in [1.807, 2.05) is 12.1 Å². The Kier molecular flexibility index (Phi) is 3.61. The van der Waals surface area contributed by atoms with Gasteiger partial charge in [0.15, 0.2) is 5.78 Å². The summed E-state index contributed by atoms with van der Waals surface area (Å²) in [6, 6.07) is 7.27. The molecular formula is C10H13NO2. The Balaban J connectivity index is 2.75. The van der Waals surface area contributed by atoms with E-state index in [0.717, 1.165) is 5.56 Å². The molecule has 0 saturated carbocycles. The van der Waals surface area contributed by atoms with Crippen LogP contribution in [0.4, 0.5) is 0 Å². The molecule has 0 aliphatic rings. The molecule has 2 N–H and O–H groups in total. The van der Waals surface area contributed by atoms with Gasteiger partial charge in [-0.3, -0.25) is 4.79 Å². The summed E-state index contributed by atoms with van der Waals surface area (Å²) in [6.45, 7) is 0.626. The fourth-order valence-electron chi connectivity index (χ4n) is 1.07. The quantitative estimate of drug-likeness (QED) is 0.701. The molecule has 0 amide bonds. The summed E-state index contributed by atoms with van der Waals surface area (Å²) in [7, 11) is 1.64. The third kappa shape index (κ3) is 2.65. The Labute approximate surface area is 77.5 Å². The number of benzene rings is 1. The molecule has 0 bridgehead atoms. The van der Waals surface area contributed by atoms with Gasteiger partial charge in [0.2, 0.25) is 0 Å². The molecule has 0 saturated heterocycles. The number of nitrogens with two attached hydrogens (primary N) is 1. The molecule has 1 aromatic carbocycles. The molecule has 3 nitrogen and oxygen atoms in total. The lowest BCUT2D eigenvalue weighted by molar-refractivity contribution is 0.100. The Morgan fingerprint density at radius 2 is 2.00 bits per heavy atom. The SMILES string of the molecule is COCc1ccc(C(=O)CN)cc1. The van der Waals surface area contributed by atoms with Crippen molar-refractivity contribution >= 4 is 5.78 Å². The summed E-state index contributed by atoms with van der Waals surface area (Å²) in [5.74, 6) is -0.0380. The number of Topliss-reactive ketones (excluding diaryl/α,β-unsaturated/α-hetero) is 1. The topological polar surface area (TPSA) is 52.3 Å². The van der Waals surface area contributed by atoms with Gasteiger partial charge < -0.3 is 10.5 Å². The lowest BCUT2D eigenvalue weighted by atomic mass is 10.1. The first-order valence-corrected chi connectivity index (χ1v) is 4.09. The van der Waals surface area contributed by atoms with Gasteiger partial charge in [-0.2, -0.15) is 0 Å². The minimum atomic E-state index is -0.0380. The second-order valence-corrected chi connectivity index (χ2v) is 2.76. The number of rotatable bonds is 4. The van der Waals surface area contributed by atoms with Crippen LogP contribution < -0.4 is 5.73 Å². The molecule has 0 aliphatic carbocycles. The van der Waals surface area contributed by atoms with Crippen molar-refractivity contribution in [1.82, 2.24) is 0 Å². The van der Waals surface area contributed by atoms with Crippen LogP contribution in [-0.2, 0) is 11.3 Å². The zero-order valence-corrected chi connectivity index (χ0v) is 7.62. The summed E-state index contributed by atoms with van der Waals surface area (Å²) in [5, 5.41) is 0. The van der Waals surface area contributed by atoms with Crippen molar-refractivity contribution in [3.63, 3.8) is 0 Å². The highest BCUT2D eigenvalue weighted by atomic mass is 16.5. The average molecular weight is 179 g/mol. The van der Waals surface area contributed by atoms with Crippen LogP contribution in [0.15, 0.2) is 24.3 Å². The molecule has 0 unspecified atom stereocenters. The van der Waals surface area contributed by atoms with E-state index in [1.54, 1.807) is 19.2 Å². The number of methoxy groups -OCH3 is 1. The zero-order valence-electron chi connectivity index (χ0n) is 7.62. The van der Waals surface area contributed by atoms with E-state index >= 15 is 0 Å². The summed E-state index contributed by atoms with van der Waals surface area (Å²) >= 11 is 0. The molecule has 13 heavy (non-hydrogen) atoms. The number of carbonyl (C=O) groups excluding carboxylic acids is 1. The van der Waals surface area contributed by atoms with E-state index in [-0.39, 0.29) is 12.3 Å². The smallest absolute Gasteiger partial charge is 0.176 e. The van der Waals surface area contributed by atoms with Gasteiger partial charge in [-0.15, -0.1) is 0 Å². The van der Waals surface area contributed by atoms with Crippen molar-refractivity contribution in [2.75, 3.05) is 13.7 Å². The van der Waals surface area contributed by atoms with Crippen LogP contribution >= 0.6 is 0 Å². The maximum absolute atomic E-state index is 11.1. The van der Waals surface area contributed by atoms with Gasteiger partial charge in [-0.25, -0.2) is 0 Å². The summed E-state index contributed by atoms with van der Waals surface area (Å²) < 4.78 is 4.94. The minimum absolute atomic E-state index is 0.0380. The minimum Gasteiger partial charge on any atom is -0.380 e. The largest absolute Gasteiger partial charge is 0.380 e. The molecule has 70 valence electrons. The van der Waals surface area contributed by atoms with E-state index in [4.69, 9.17) is 10.5 Å². The standard InChI is InChI=1S/C10H13NO2/c1-13-7-8-2-4-9(5-3-8)10(12)6-11/h2-5H,6-7,11H2,1H3. The molecule has 3 heteroatoms. The van der Waals surface area contributed by atoms with Crippen LogP contribution in [-0.4, -0.2) is 19.4 Å². The average Bonchev–Trinajstić information content (AvgIpc) is 2.18. The molecule has 1 rings (SSSR count). The van der Waals surface area contributed by atoms with E-state index in [1.165, 1.54) is 0 Å². The van der Waals surface area contributed by atoms with Crippen LogP contribution in [0.5, 0.6) is 0 Å². The highest BCUT2D eigenvalue weighted by Gasteiger charge is 2.01. The normalized spacial score (nSPS) is 10.0. The summed E-state index contributed by atoms with van der Waals surface area (Å²) in [4.78, 5) is 11.1. The molecular weight excluding hydrogens is 166 g/mol. The first-order chi connectivity index (χ1) is 6.27. The van der Waals surface area contributed by atoms with Gasteiger partial charge in [0.1, 0.15) is 0 Å². The molecule has 0 heterocycles. The van der Waals surface area contributed by atoms with Gasteiger partial charge >= 0.3 is 0 Å². The Morgan fingerprint density at radius 1 is 1.38 bits per heavy atom. The summed E-state index contributed by atoms with van der Waals surface area (Å²) in [5.41, 5.74) is 6.93. The number of hydrogen-bond acceptors (Lipinski definition) is 3. The lowest BCUT2D eigenvalue weighted by Gasteiger charge is -2.01. The molecule has 0 radical (unpaired) electrons. The first-order valence-electron chi connectivity index (χ1n) is 4.09. The Hall–Kier alpha value is -1.19. The predicted molar refractivity (Wildman–Crippen MR) is 50.5 cm³/mol. The highest BCUT2D eigenvalue weighted by molar-refractivity contribution is 5.97. The van der Waals surface area contributed by atoms with E-state index in [9.17, 15) is 4.79 Å². The lowest BCUT2D eigenvalue weighted by Crippen LogP contribution is -2.13. The van der Waals surface area contributed by atoms with Gasteiger partial charge in [-0.05, 0) is 5.56 Å². The fourth-order valence-corrected chi connectivity index (χ4v) is 1.07. The van der Waals surface area contributed by atoms with Crippen molar-refractivity contribution in [3.05, 3.63) is 35.4 Å². The van der Waals surface area contributed by atoms with Crippen LogP contribution in [0, 0.1) is 0 Å². The van der Waals surface area contributed by atoms with Crippen LogP contribution in [0.1, 0.15) is 15.9 Å². The number of carbonyl (C=O) groups is 1. The van der Waals surface area contributed by atoms with Crippen molar-refractivity contribution in [2.24, 2.45) is 5.73 Å². The fraction of sp³-hybridized carbons (Fsp3) is 0.300. The zero-order chi connectivity index (χ0) is 9.68. The second-order valence-electron chi connectivity index (χ2n) is 2.76. The molecule has 0 fully saturated rings. The van der Waals surface area contributed by atoms with Gasteiger partial charge in [0.05, 0.1) is 13.2 Å². The molecule has 0 atom stereocenters. The highest BCUT2D eigenvalue weighted by Crippen LogP contribution is 2.05. The van der Waals surface area contributed by atoms with Crippen molar-refractivity contribution in [1.29, 1.82) is 0 Å². The Bertz CT molecular complexity index is 279. The summed E-state index contributed by atoms with van der Waals surface area (Å²) in [6.07, 6.45) is 0. The molecule has 1 aromatic rings. The van der Waals surface area contributed by atoms with Crippen molar-refractivity contribution in [2.45, 2.75) is 6.61 Å². The molecule has 0 aromatic heterocycles. The molecule has 0 aliphatic heterocycles. The van der Waals surface area contributed by atoms with Crippen molar-refractivity contribution in [3.8, 4) is 0 Å². The van der Waals surface area contributed by atoms with Crippen molar-refractivity contribution < 1.29 is 9.53 Å². The maximum Gasteiger partial charge on any atom is 0.176 e. The predicted octanol–water partition coefficient (Wildman–Crippen LogP) is 0.974. The van der Waals surface area contributed by atoms with Gasteiger partial charge in [-0.1, -0.05) is 24.3 Å². The third-order valence-electron chi connectivity index (χ3n) is 1.77. The number of ether oxygens (including phenoxy) is 1. The monoisotopic (exact) mass is 179 g/mol. The van der Waals surface area contributed by atoms with Gasteiger partial charge in [0, 0.05) is 12.7 Å².